The van der Waals surface area contributed by atoms with Crippen LogP contribution in [0.4, 0.5) is 4.39 Å². The Balaban J connectivity index is 1.68. The van der Waals surface area contributed by atoms with Gasteiger partial charge in [-0.25, -0.2) is 4.39 Å². The van der Waals surface area contributed by atoms with Gasteiger partial charge in [-0.1, -0.05) is 12.1 Å². The number of piperazine rings is 1. The Hall–Kier alpha value is -2.31. The van der Waals surface area contributed by atoms with Crippen molar-refractivity contribution < 1.29 is 14.3 Å². The van der Waals surface area contributed by atoms with Gasteiger partial charge in [-0.15, -0.1) is 0 Å². The van der Waals surface area contributed by atoms with Crippen LogP contribution < -0.4 is 0 Å². The van der Waals surface area contributed by atoms with E-state index in [-0.39, 0.29) is 0 Å². The normalized spacial score (nSPS) is 17.4. The minimum absolute atomic E-state index is 0.392. The van der Waals surface area contributed by atoms with Crippen LogP contribution >= 0.6 is 0 Å². The molecule has 1 fully saturated rings. The van der Waals surface area contributed by atoms with Crippen LogP contribution in [0.3, 0.4) is 0 Å². The van der Waals surface area contributed by atoms with Crippen LogP contribution in [0.25, 0.3) is 0 Å². The van der Waals surface area contributed by atoms with Gasteiger partial charge in [0, 0.05) is 45.1 Å². The molecule has 0 radical (unpaired) electrons. The molecule has 1 aliphatic heterocycles. The van der Waals surface area contributed by atoms with Gasteiger partial charge in [-0.3, -0.25) is 19.6 Å². The molecule has 1 N–H and O–H groups in total. The summed E-state index contributed by atoms with van der Waals surface area (Å²) in [5, 5.41) is 9.68. The van der Waals surface area contributed by atoms with Crippen molar-refractivity contribution in [3.05, 3.63) is 65.2 Å². The summed E-state index contributed by atoms with van der Waals surface area (Å²) in [5.41, 5.74) is 2.38. The first kappa shape index (κ1) is 17.5. The Morgan fingerprint density at radius 3 is 2.64 bits per heavy atom. The number of nitrogens with zero attached hydrogens (tertiary/aromatic N) is 3. The number of carboxylic acids is 1. The second kappa shape index (κ2) is 7.72. The van der Waals surface area contributed by atoms with E-state index in [0.717, 1.165) is 30.8 Å². The average Bonchev–Trinajstić information content (AvgIpc) is 2.56. The van der Waals surface area contributed by atoms with Crippen molar-refractivity contribution in [2.75, 3.05) is 26.2 Å². The Labute approximate surface area is 146 Å². The fraction of sp³-hybridized carbons (Fsp3) is 0.368. The van der Waals surface area contributed by atoms with Gasteiger partial charge in [0.25, 0.3) is 0 Å². The summed E-state index contributed by atoms with van der Waals surface area (Å²) >= 11 is 0. The number of halogens is 1. The molecule has 2 aromatic rings. The molecule has 1 aliphatic rings. The zero-order valence-corrected chi connectivity index (χ0v) is 14.2. The van der Waals surface area contributed by atoms with Gasteiger partial charge in [0.2, 0.25) is 0 Å². The maximum absolute atomic E-state index is 13.7. The highest BCUT2D eigenvalue weighted by molar-refractivity contribution is 5.75. The van der Waals surface area contributed by atoms with E-state index < -0.39 is 17.8 Å². The van der Waals surface area contributed by atoms with Crippen molar-refractivity contribution >= 4 is 5.97 Å². The van der Waals surface area contributed by atoms with E-state index in [1.54, 1.807) is 19.2 Å². The fourth-order valence-electron chi connectivity index (χ4n) is 3.36. The molecule has 0 bridgehead atoms. The molecule has 1 aromatic carbocycles. The van der Waals surface area contributed by atoms with Gasteiger partial charge in [-0.05, 0) is 41.8 Å². The van der Waals surface area contributed by atoms with Gasteiger partial charge in [0.05, 0.1) is 0 Å². The lowest BCUT2D eigenvalue weighted by atomic mass is 10.0. The highest BCUT2D eigenvalue weighted by Gasteiger charge is 2.30. The summed E-state index contributed by atoms with van der Waals surface area (Å²) in [5.74, 6) is -1.33. The van der Waals surface area contributed by atoms with Gasteiger partial charge in [0.15, 0.2) is 0 Å². The maximum atomic E-state index is 13.7. The van der Waals surface area contributed by atoms with Gasteiger partial charge < -0.3 is 5.11 Å². The third kappa shape index (κ3) is 4.41. The summed E-state index contributed by atoms with van der Waals surface area (Å²) in [6.45, 7) is 5.38. The number of hydrogen-bond donors (Lipinski definition) is 1. The lowest BCUT2D eigenvalue weighted by molar-refractivity contribution is -0.144. The van der Waals surface area contributed by atoms with Crippen LogP contribution in [0.5, 0.6) is 0 Å². The standard InChI is InChI=1S/C19H22FN3O2/c1-14-9-16(11-17(20)10-14)18(19(24)25)23-7-5-22(6-8-23)13-15-3-2-4-21-12-15/h2-4,9-12,18H,5-8,13H2,1H3,(H,24,25). The molecule has 0 aliphatic carbocycles. The number of hydrogen-bond acceptors (Lipinski definition) is 4. The Morgan fingerprint density at radius 2 is 2.04 bits per heavy atom. The number of aromatic nitrogens is 1. The molecule has 1 unspecified atom stereocenters. The van der Waals surface area contributed by atoms with Crippen LogP contribution in [-0.2, 0) is 11.3 Å². The number of aliphatic carboxylic acids is 1. The molecule has 1 atom stereocenters. The predicted molar refractivity (Wildman–Crippen MR) is 92.6 cm³/mol. The van der Waals surface area contributed by atoms with Crippen molar-refractivity contribution in [2.45, 2.75) is 19.5 Å². The fourth-order valence-corrected chi connectivity index (χ4v) is 3.36. The largest absolute Gasteiger partial charge is 0.480 e. The SMILES string of the molecule is Cc1cc(F)cc(C(C(=O)O)N2CCN(Cc3cccnc3)CC2)c1. The van der Waals surface area contributed by atoms with Crippen molar-refractivity contribution in [3.63, 3.8) is 0 Å². The second-order valence-corrected chi connectivity index (χ2v) is 6.48. The molecule has 25 heavy (non-hydrogen) atoms. The average molecular weight is 343 g/mol. The Bertz CT molecular complexity index is 710. The van der Waals surface area contributed by atoms with Crippen molar-refractivity contribution in [3.8, 4) is 0 Å². The molecule has 132 valence electrons. The number of carboxylic acid groups (broad SMARTS) is 1. The zero-order chi connectivity index (χ0) is 17.8. The highest BCUT2D eigenvalue weighted by Crippen LogP contribution is 2.25. The first-order valence-electron chi connectivity index (χ1n) is 8.38. The van der Waals surface area contributed by atoms with Gasteiger partial charge in [0.1, 0.15) is 11.9 Å². The first-order chi connectivity index (χ1) is 12.0. The number of carbonyl (C=O) groups is 1. The lowest BCUT2D eigenvalue weighted by Crippen LogP contribution is -2.48. The van der Waals surface area contributed by atoms with Crippen LogP contribution in [0, 0.1) is 12.7 Å². The molecule has 2 heterocycles. The minimum Gasteiger partial charge on any atom is -0.480 e. The predicted octanol–water partition coefficient (Wildman–Crippen LogP) is 2.47. The topological polar surface area (TPSA) is 56.7 Å². The smallest absolute Gasteiger partial charge is 0.325 e. The zero-order valence-electron chi connectivity index (χ0n) is 14.2. The molecule has 0 amide bonds. The van der Waals surface area contributed by atoms with Crippen molar-refractivity contribution in [1.29, 1.82) is 0 Å². The summed E-state index contributed by atoms with van der Waals surface area (Å²) < 4.78 is 13.7. The molecule has 6 heteroatoms. The van der Waals surface area contributed by atoms with E-state index in [1.165, 1.54) is 12.1 Å². The highest BCUT2D eigenvalue weighted by atomic mass is 19.1. The summed E-state index contributed by atoms with van der Waals surface area (Å²) in [6.07, 6.45) is 3.60. The first-order valence-corrected chi connectivity index (χ1v) is 8.38. The quantitative estimate of drug-likeness (QED) is 0.904. The molecule has 0 spiro atoms. The van der Waals surface area contributed by atoms with Crippen LogP contribution in [0.2, 0.25) is 0 Å². The van der Waals surface area contributed by atoms with Gasteiger partial charge in [-0.2, -0.15) is 0 Å². The van der Waals surface area contributed by atoms with E-state index in [9.17, 15) is 14.3 Å². The summed E-state index contributed by atoms with van der Waals surface area (Å²) in [7, 11) is 0. The van der Waals surface area contributed by atoms with Crippen LogP contribution in [0.1, 0.15) is 22.7 Å². The maximum Gasteiger partial charge on any atom is 0.325 e. The Kier molecular flexibility index (Phi) is 5.40. The molecule has 3 rings (SSSR count). The molecular weight excluding hydrogens is 321 g/mol. The van der Waals surface area contributed by atoms with Crippen molar-refractivity contribution in [2.24, 2.45) is 0 Å². The van der Waals surface area contributed by atoms with Gasteiger partial charge >= 0.3 is 5.97 Å². The molecular formula is C19H22FN3O2. The number of benzene rings is 1. The molecule has 1 saturated heterocycles. The third-order valence-corrected chi connectivity index (χ3v) is 4.52. The summed E-state index contributed by atoms with van der Waals surface area (Å²) in [6, 6.07) is 7.63. The number of aryl methyl sites for hydroxylation is 1. The minimum atomic E-state index is -0.939. The number of rotatable bonds is 5. The van der Waals surface area contributed by atoms with E-state index in [1.807, 2.05) is 23.2 Å². The van der Waals surface area contributed by atoms with E-state index in [0.29, 0.717) is 18.7 Å². The number of pyridine rings is 1. The van der Waals surface area contributed by atoms with E-state index >= 15 is 0 Å². The molecule has 5 nitrogen and oxygen atoms in total. The summed E-state index contributed by atoms with van der Waals surface area (Å²) in [4.78, 5) is 20.1. The monoisotopic (exact) mass is 343 g/mol. The van der Waals surface area contributed by atoms with Crippen LogP contribution in [0.15, 0.2) is 42.7 Å². The molecule has 0 saturated carbocycles. The van der Waals surface area contributed by atoms with Crippen LogP contribution in [-0.4, -0.2) is 52.0 Å². The van der Waals surface area contributed by atoms with E-state index in [4.69, 9.17) is 0 Å². The third-order valence-electron chi connectivity index (χ3n) is 4.52. The Morgan fingerprint density at radius 1 is 1.28 bits per heavy atom. The van der Waals surface area contributed by atoms with Crippen molar-refractivity contribution in [1.82, 2.24) is 14.8 Å². The lowest BCUT2D eigenvalue weighted by Gasteiger charge is -2.37. The molecule has 1 aromatic heterocycles. The second-order valence-electron chi connectivity index (χ2n) is 6.48. The van der Waals surface area contributed by atoms with E-state index in [2.05, 4.69) is 9.88 Å².